The average molecular weight is 428 g/mol. The number of ether oxygens (including phenoxy) is 1. The molecule has 0 radical (unpaired) electrons. The molecule has 31 heavy (non-hydrogen) atoms. The van der Waals surface area contributed by atoms with Crippen molar-refractivity contribution in [2.45, 2.75) is 104 Å². The van der Waals surface area contributed by atoms with E-state index >= 15 is 0 Å². The molecule has 4 rings (SSSR count). The number of nitrogens with zero attached hydrogens (tertiary/aromatic N) is 1. The highest BCUT2D eigenvalue weighted by atomic mass is 16.6. The van der Waals surface area contributed by atoms with Crippen LogP contribution >= 0.6 is 0 Å². The second-order valence-corrected chi connectivity index (χ2v) is 11.8. The van der Waals surface area contributed by atoms with Crippen LogP contribution in [0.3, 0.4) is 0 Å². The van der Waals surface area contributed by atoms with E-state index in [0.717, 1.165) is 44.1 Å². The SMILES string of the molecule is CC(C)(O)[C@@H]1CC[C@]2(C)[C@H](CC[C@@]3(C)[C@H]2CC/C(=N\OCc2ccccc2)C3(C)C)O1. The van der Waals surface area contributed by atoms with Gasteiger partial charge >= 0.3 is 0 Å². The Labute approximate surface area is 188 Å². The van der Waals surface area contributed by atoms with Crippen LogP contribution in [0.1, 0.15) is 85.6 Å². The van der Waals surface area contributed by atoms with Crippen molar-refractivity contribution in [2.75, 3.05) is 0 Å². The van der Waals surface area contributed by atoms with Gasteiger partial charge in [0.15, 0.2) is 0 Å². The molecule has 5 atom stereocenters. The Hall–Kier alpha value is -1.39. The molecule has 3 aliphatic rings. The number of hydrogen-bond donors (Lipinski definition) is 1. The van der Waals surface area contributed by atoms with Crippen molar-refractivity contribution >= 4 is 5.71 Å². The molecule has 1 N–H and O–H groups in total. The van der Waals surface area contributed by atoms with Gasteiger partial charge < -0.3 is 14.7 Å². The van der Waals surface area contributed by atoms with Gasteiger partial charge in [-0.1, -0.05) is 63.2 Å². The molecule has 0 bridgehead atoms. The second kappa shape index (κ2) is 7.88. The minimum Gasteiger partial charge on any atom is -0.391 e. The first-order chi connectivity index (χ1) is 14.5. The van der Waals surface area contributed by atoms with Crippen LogP contribution < -0.4 is 0 Å². The van der Waals surface area contributed by atoms with Crippen LogP contribution in [-0.4, -0.2) is 28.6 Å². The molecule has 0 unspecified atom stereocenters. The standard InChI is InChI=1S/C27H41NO3/c1-24(2)21(28-30-18-19-10-8-7-9-11-19)13-12-20-26(5)16-14-22(25(3,4)29)31-23(26)15-17-27(20,24)6/h7-11,20,22-23,29H,12-18H2,1-6H3/b28-21+/t20-,22-,23-,26-,27-/m0/s1. The molecule has 4 heteroatoms. The van der Waals surface area contributed by atoms with E-state index in [4.69, 9.17) is 14.7 Å². The maximum Gasteiger partial charge on any atom is 0.142 e. The van der Waals surface area contributed by atoms with Crippen LogP contribution in [0, 0.1) is 22.2 Å². The predicted molar refractivity (Wildman–Crippen MR) is 125 cm³/mol. The van der Waals surface area contributed by atoms with E-state index in [1.165, 1.54) is 5.71 Å². The molecular formula is C27H41NO3. The highest BCUT2D eigenvalue weighted by Gasteiger charge is 2.63. The Morgan fingerprint density at radius 1 is 1.06 bits per heavy atom. The molecule has 1 aromatic rings. The van der Waals surface area contributed by atoms with Crippen LogP contribution in [0.5, 0.6) is 0 Å². The molecule has 1 heterocycles. The van der Waals surface area contributed by atoms with E-state index in [0.29, 0.717) is 12.5 Å². The lowest BCUT2D eigenvalue weighted by atomic mass is 9.41. The topological polar surface area (TPSA) is 51.1 Å². The van der Waals surface area contributed by atoms with Crippen molar-refractivity contribution in [3.8, 4) is 0 Å². The number of fused-ring (bicyclic) bond motifs is 3. The summed E-state index contributed by atoms with van der Waals surface area (Å²) in [6, 6.07) is 10.3. The zero-order valence-electron chi connectivity index (χ0n) is 20.3. The lowest BCUT2D eigenvalue weighted by Gasteiger charge is -2.65. The fraction of sp³-hybridized carbons (Fsp3) is 0.741. The summed E-state index contributed by atoms with van der Waals surface area (Å²) in [7, 11) is 0. The van der Waals surface area contributed by atoms with E-state index in [1.807, 2.05) is 32.0 Å². The fourth-order valence-corrected chi connectivity index (χ4v) is 6.91. The maximum absolute atomic E-state index is 10.5. The van der Waals surface area contributed by atoms with Crippen molar-refractivity contribution in [1.82, 2.24) is 0 Å². The van der Waals surface area contributed by atoms with Crippen molar-refractivity contribution in [3.05, 3.63) is 35.9 Å². The molecule has 1 aromatic carbocycles. The van der Waals surface area contributed by atoms with Crippen LogP contribution in [0.15, 0.2) is 35.5 Å². The van der Waals surface area contributed by atoms with Gasteiger partial charge in [0.25, 0.3) is 0 Å². The number of aliphatic hydroxyl groups is 1. The van der Waals surface area contributed by atoms with Crippen molar-refractivity contribution in [1.29, 1.82) is 0 Å². The Balaban J connectivity index is 1.52. The van der Waals surface area contributed by atoms with E-state index in [-0.39, 0.29) is 28.5 Å². The van der Waals surface area contributed by atoms with Crippen LogP contribution in [0.4, 0.5) is 0 Å². The van der Waals surface area contributed by atoms with E-state index in [1.54, 1.807) is 0 Å². The normalized spacial score (nSPS) is 38.9. The number of benzene rings is 1. The highest BCUT2D eigenvalue weighted by molar-refractivity contribution is 5.91. The zero-order chi connectivity index (χ0) is 22.5. The first-order valence-electron chi connectivity index (χ1n) is 12.1. The minimum atomic E-state index is -0.774. The third-order valence-electron chi connectivity index (χ3n) is 9.36. The molecule has 0 spiro atoms. The quantitative estimate of drug-likeness (QED) is 0.589. The van der Waals surface area contributed by atoms with E-state index < -0.39 is 5.60 Å². The van der Waals surface area contributed by atoms with Crippen LogP contribution in [0.25, 0.3) is 0 Å². The van der Waals surface area contributed by atoms with Gasteiger partial charge in [-0.25, -0.2) is 0 Å². The molecule has 1 saturated heterocycles. The summed E-state index contributed by atoms with van der Waals surface area (Å²) >= 11 is 0. The maximum atomic E-state index is 10.5. The first-order valence-corrected chi connectivity index (χ1v) is 12.1. The second-order valence-electron chi connectivity index (χ2n) is 11.8. The average Bonchev–Trinajstić information content (AvgIpc) is 2.70. The number of rotatable bonds is 4. The Morgan fingerprint density at radius 3 is 2.45 bits per heavy atom. The third kappa shape index (κ3) is 3.84. The summed E-state index contributed by atoms with van der Waals surface area (Å²) < 4.78 is 6.56. The summed E-state index contributed by atoms with van der Waals surface area (Å²) in [6.07, 6.45) is 6.54. The van der Waals surface area contributed by atoms with Gasteiger partial charge in [-0.3, -0.25) is 0 Å². The van der Waals surface area contributed by atoms with Gasteiger partial charge in [0.05, 0.1) is 23.5 Å². The summed E-state index contributed by atoms with van der Waals surface area (Å²) in [6.45, 7) is 14.0. The van der Waals surface area contributed by atoms with Gasteiger partial charge in [0.2, 0.25) is 0 Å². The lowest BCUT2D eigenvalue weighted by molar-refractivity contribution is -0.239. The zero-order valence-corrected chi connectivity index (χ0v) is 20.3. The Morgan fingerprint density at radius 2 is 1.77 bits per heavy atom. The van der Waals surface area contributed by atoms with Crippen molar-refractivity contribution in [2.24, 2.45) is 27.3 Å². The van der Waals surface area contributed by atoms with Crippen molar-refractivity contribution in [3.63, 3.8) is 0 Å². The fourth-order valence-electron chi connectivity index (χ4n) is 6.91. The predicted octanol–water partition coefficient (Wildman–Crippen LogP) is 6.12. The van der Waals surface area contributed by atoms with Crippen LogP contribution in [0.2, 0.25) is 0 Å². The molecule has 172 valence electrons. The number of oxime groups is 1. The summed E-state index contributed by atoms with van der Waals surface area (Å²) in [5.74, 6) is 0.588. The largest absolute Gasteiger partial charge is 0.391 e. The van der Waals surface area contributed by atoms with Crippen molar-refractivity contribution < 1.29 is 14.7 Å². The summed E-state index contributed by atoms with van der Waals surface area (Å²) in [5, 5.41) is 15.2. The lowest BCUT2D eigenvalue weighted by Crippen LogP contribution is -2.63. The highest BCUT2D eigenvalue weighted by Crippen LogP contribution is 2.66. The first kappa shape index (κ1) is 22.8. The Kier molecular flexibility index (Phi) is 5.79. The van der Waals surface area contributed by atoms with Crippen LogP contribution in [-0.2, 0) is 16.2 Å². The molecule has 4 nitrogen and oxygen atoms in total. The van der Waals surface area contributed by atoms with Gasteiger partial charge in [0.1, 0.15) is 6.61 Å². The van der Waals surface area contributed by atoms with Gasteiger partial charge in [-0.15, -0.1) is 0 Å². The molecular weight excluding hydrogens is 386 g/mol. The Bertz CT molecular complexity index is 812. The molecule has 1 aliphatic heterocycles. The third-order valence-corrected chi connectivity index (χ3v) is 9.36. The summed E-state index contributed by atoms with van der Waals surface area (Å²) in [4.78, 5) is 5.84. The van der Waals surface area contributed by atoms with E-state index in [2.05, 4.69) is 39.8 Å². The summed E-state index contributed by atoms with van der Waals surface area (Å²) in [5.41, 5.74) is 1.88. The number of hydrogen-bond acceptors (Lipinski definition) is 4. The van der Waals surface area contributed by atoms with Gasteiger partial charge in [-0.2, -0.15) is 0 Å². The van der Waals surface area contributed by atoms with Gasteiger partial charge in [0, 0.05) is 5.41 Å². The molecule has 3 fully saturated rings. The smallest absolute Gasteiger partial charge is 0.142 e. The molecule has 2 saturated carbocycles. The van der Waals surface area contributed by atoms with E-state index in [9.17, 15) is 5.11 Å². The molecule has 0 aromatic heterocycles. The molecule has 0 amide bonds. The monoisotopic (exact) mass is 427 g/mol. The van der Waals surface area contributed by atoms with Gasteiger partial charge in [-0.05, 0) is 74.7 Å². The molecule has 2 aliphatic carbocycles. The minimum absolute atomic E-state index is 0.0202.